The topological polar surface area (TPSA) is 55.1 Å². The number of carbonyl (C=O) groups excluding carboxylic acids is 1. The van der Waals surface area contributed by atoms with E-state index in [4.69, 9.17) is 16.1 Å². The summed E-state index contributed by atoms with van der Waals surface area (Å²) in [6, 6.07) is 7.58. The first kappa shape index (κ1) is 12.6. The van der Waals surface area contributed by atoms with Crippen LogP contribution in [0.25, 0.3) is 0 Å². The number of nitrogens with zero attached hydrogens (tertiary/aromatic N) is 1. The summed E-state index contributed by atoms with van der Waals surface area (Å²) in [6.07, 6.45) is 2.15. The number of halogens is 1. The van der Waals surface area contributed by atoms with E-state index in [2.05, 4.69) is 10.5 Å². The lowest BCUT2D eigenvalue weighted by Crippen LogP contribution is -2.25. The van der Waals surface area contributed by atoms with Crippen LogP contribution in [0, 0.1) is 6.92 Å². The van der Waals surface area contributed by atoms with Gasteiger partial charge in [0.25, 0.3) is 5.91 Å². The fourth-order valence-corrected chi connectivity index (χ4v) is 1.84. The molecule has 0 aliphatic carbocycles. The number of aromatic nitrogens is 1. The first-order valence-corrected chi connectivity index (χ1v) is 5.98. The monoisotopic (exact) mass is 264 g/mol. The molecular weight excluding hydrogens is 252 g/mol. The fourth-order valence-electron chi connectivity index (χ4n) is 1.62. The maximum Gasteiger partial charge on any atom is 0.256 e. The Bertz CT molecular complexity index is 551. The third-order valence-corrected chi connectivity index (χ3v) is 2.82. The number of benzene rings is 1. The lowest BCUT2D eigenvalue weighted by molar-refractivity contribution is 0.0952. The van der Waals surface area contributed by atoms with Gasteiger partial charge in [0, 0.05) is 11.6 Å². The fraction of sp³-hybridized carbons (Fsp3) is 0.231. The van der Waals surface area contributed by atoms with Crippen LogP contribution in [0.3, 0.4) is 0 Å². The number of hydrogen-bond acceptors (Lipinski definition) is 3. The predicted octanol–water partition coefficient (Wildman–Crippen LogP) is 2.61. The number of rotatable bonds is 4. The quantitative estimate of drug-likeness (QED) is 0.924. The van der Waals surface area contributed by atoms with Gasteiger partial charge in [0.05, 0.1) is 6.20 Å². The molecule has 1 aromatic carbocycles. The van der Waals surface area contributed by atoms with Crippen LogP contribution in [-0.2, 0) is 6.42 Å². The summed E-state index contributed by atoms with van der Waals surface area (Å²) < 4.78 is 4.84. The van der Waals surface area contributed by atoms with Crippen LogP contribution in [0.1, 0.15) is 21.7 Å². The van der Waals surface area contributed by atoms with Crippen molar-refractivity contribution in [2.45, 2.75) is 13.3 Å². The second kappa shape index (κ2) is 5.69. The highest BCUT2D eigenvalue weighted by molar-refractivity contribution is 6.30. The van der Waals surface area contributed by atoms with Crippen LogP contribution in [0.2, 0.25) is 5.02 Å². The summed E-state index contributed by atoms with van der Waals surface area (Å²) in [7, 11) is 0. The molecule has 18 heavy (non-hydrogen) atoms. The molecule has 1 N–H and O–H groups in total. The molecule has 1 amide bonds. The molecule has 5 heteroatoms. The van der Waals surface area contributed by atoms with Gasteiger partial charge in [0.15, 0.2) is 0 Å². The van der Waals surface area contributed by atoms with E-state index in [0.29, 0.717) is 22.9 Å². The highest BCUT2D eigenvalue weighted by atomic mass is 35.5. The molecule has 0 radical (unpaired) electrons. The minimum absolute atomic E-state index is 0.171. The Balaban J connectivity index is 1.86. The minimum Gasteiger partial charge on any atom is -0.361 e. The van der Waals surface area contributed by atoms with Crippen molar-refractivity contribution in [3.05, 3.63) is 52.4 Å². The van der Waals surface area contributed by atoms with E-state index in [0.717, 1.165) is 12.0 Å². The van der Waals surface area contributed by atoms with Crippen molar-refractivity contribution in [2.75, 3.05) is 6.54 Å². The molecule has 0 fully saturated rings. The second-order valence-electron chi connectivity index (χ2n) is 3.93. The molecule has 1 aromatic heterocycles. The van der Waals surface area contributed by atoms with Crippen LogP contribution in [0.15, 0.2) is 35.0 Å². The molecule has 2 aromatic rings. The van der Waals surface area contributed by atoms with Crippen LogP contribution < -0.4 is 5.32 Å². The van der Waals surface area contributed by atoms with Crippen molar-refractivity contribution in [1.29, 1.82) is 0 Å². The van der Waals surface area contributed by atoms with Crippen molar-refractivity contribution in [3.8, 4) is 0 Å². The molecule has 0 aliphatic rings. The normalized spacial score (nSPS) is 10.3. The Morgan fingerprint density at radius 3 is 3.00 bits per heavy atom. The van der Waals surface area contributed by atoms with E-state index in [1.54, 1.807) is 6.92 Å². The first-order chi connectivity index (χ1) is 8.66. The molecule has 94 valence electrons. The van der Waals surface area contributed by atoms with Crippen molar-refractivity contribution in [1.82, 2.24) is 10.5 Å². The molecule has 0 saturated heterocycles. The third-order valence-electron chi connectivity index (χ3n) is 2.58. The molecule has 0 spiro atoms. The van der Waals surface area contributed by atoms with Gasteiger partial charge in [0.2, 0.25) is 0 Å². The van der Waals surface area contributed by atoms with Crippen molar-refractivity contribution in [3.63, 3.8) is 0 Å². The van der Waals surface area contributed by atoms with Crippen molar-refractivity contribution < 1.29 is 9.32 Å². The van der Waals surface area contributed by atoms with E-state index >= 15 is 0 Å². The SMILES string of the molecule is Cc1oncc1C(=O)NCCc1cccc(Cl)c1. The van der Waals surface area contributed by atoms with Gasteiger partial charge in [-0.15, -0.1) is 0 Å². The molecular formula is C13H13ClN2O2. The number of carbonyl (C=O) groups is 1. The zero-order chi connectivity index (χ0) is 13.0. The third kappa shape index (κ3) is 3.11. The smallest absolute Gasteiger partial charge is 0.256 e. The van der Waals surface area contributed by atoms with E-state index in [1.807, 2.05) is 24.3 Å². The maximum atomic E-state index is 11.7. The molecule has 1 heterocycles. The summed E-state index contributed by atoms with van der Waals surface area (Å²) >= 11 is 5.88. The van der Waals surface area contributed by atoms with E-state index in [-0.39, 0.29) is 5.91 Å². The molecule has 0 saturated carbocycles. The molecule has 0 aliphatic heterocycles. The first-order valence-electron chi connectivity index (χ1n) is 5.61. The van der Waals surface area contributed by atoms with Gasteiger partial charge in [-0.3, -0.25) is 4.79 Å². The zero-order valence-corrected chi connectivity index (χ0v) is 10.7. The largest absolute Gasteiger partial charge is 0.361 e. The molecule has 0 bridgehead atoms. The highest BCUT2D eigenvalue weighted by Crippen LogP contribution is 2.11. The summed E-state index contributed by atoms with van der Waals surface area (Å²) in [5, 5.41) is 7.08. The Morgan fingerprint density at radius 2 is 2.33 bits per heavy atom. The average Bonchev–Trinajstić information content (AvgIpc) is 2.75. The van der Waals surface area contributed by atoms with E-state index < -0.39 is 0 Å². The van der Waals surface area contributed by atoms with Crippen LogP contribution >= 0.6 is 11.6 Å². The van der Waals surface area contributed by atoms with Crippen molar-refractivity contribution in [2.24, 2.45) is 0 Å². The summed E-state index contributed by atoms with van der Waals surface area (Å²) in [5.74, 6) is 0.353. The van der Waals surface area contributed by atoms with Gasteiger partial charge in [-0.05, 0) is 31.0 Å². The minimum atomic E-state index is -0.171. The summed E-state index contributed by atoms with van der Waals surface area (Å²) in [4.78, 5) is 11.7. The Kier molecular flexibility index (Phi) is 3.99. The molecule has 0 atom stereocenters. The Morgan fingerprint density at radius 1 is 1.50 bits per heavy atom. The maximum absolute atomic E-state index is 11.7. The van der Waals surface area contributed by atoms with Crippen LogP contribution in [0.5, 0.6) is 0 Å². The van der Waals surface area contributed by atoms with Gasteiger partial charge in [0.1, 0.15) is 11.3 Å². The second-order valence-corrected chi connectivity index (χ2v) is 4.37. The van der Waals surface area contributed by atoms with Crippen LogP contribution in [-0.4, -0.2) is 17.6 Å². The molecule has 2 rings (SSSR count). The van der Waals surface area contributed by atoms with Gasteiger partial charge in [-0.1, -0.05) is 28.9 Å². The lowest BCUT2D eigenvalue weighted by atomic mass is 10.1. The van der Waals surface area contributed by atoms with E-state index in [1.165, 1.54) is 6.20 Å². The van der Waals surface area contributed by atoms with E-state index in [9.17, 15) is 4.79 Å². The summed E-state index contributed by atoms with van der Waals surface area (Å²) in [5.41, 5.74) is 1.56. The number of amides is 1. The number of hydrogen-bond donors (Lipinski definition) is 1. The standard InChI is InChI=1S/C13H13ClN2O2/c1-9-12(8-16-18-9)13(17)15-6-5-10-3-2-4-11(14)7-10/h2-4,7-8H,5-6H2,1H3,(H,15,17). The van der Waals surface area contributed by atoms with Crippen molar-refractivity contribution >= 4 is 17.5 Å². The number of aryl methyl sites for hydroxylation is 1. The summed E-state index contributed by atoms with van der Waals surface area (Å²) in [6.45, 7) is 2.25. The van der Waals surface area contributed by atoms with Crippen LogP contribution in [0.4, 0.5) is 0 Å². The molecule has 0 unspecified atom stereocenters. The predicted molar refractivity (Wildman–Crippen MR) is 68.7 cm³/mol. The van der Waals surface area contributed by atoms with Gasteiger partial charge < -0.3 is 9.84 Å². The number of nitrogens with one attached hydrogen (secondary N) is 1. The molecule has 4 nitrogen and oxygen atoms in total. The average molecular weight is 265 g/mol. The highest BCUT2D eigenvalue weighted by Gasteiger charge is 2.11. The Hall–Kier alpha value is -1.81. The van der Waals surface area contributed by atoms with Gasteiger partial charge in [-0.25, -0.2) is 0 Å². The lowest BCUT2D eigenvalue weighted by Gasteiger charge is -2.04. The van der Waals surface area contributed by atoms with Gasteiger partial charge >= 0.3 is 0 Å². The Labute approximate surface area is 110 Å². The zero-order valence-electron chi connectivity index (χ0n) is 9.94. The van der Waals surface area contributed by atoms with Gasteiger partial charge in [-0.2, -0.15) is 0 Å².